The van der Waals surface area contributed by atoms with Gasteiger partial charge in [0.2, 0.25) is 10.0 Å². The number of sulfonamides is 1. The molecule has 2 aromatic carbocycles. The highest BCUT2D eigenvalue weighted by Gasteiger charge is 2.27. The molecule has 0 saturated heterocycles. The number of rotatable bonds is 8. The van der Waals surface area contributed by atoms with E-state index in [2.05, 4.69) is 15.9 Å². The van der Waals surface area contributed by atoms with E-state index in [1.807, 2.05) is 6.92 Å². The number of halogens is 1. The maximum Gasteiger partial charge on any atom is 0.243 e. The van der Waals surface area contributed by atoms with E-state index < -0.39 is 22.8 Å². The summed E-state index contributed by atoms with van der Waals surface area (Å²) in [6, 6.07) is 12.7. The van der Waals surface area contributed by atoms with Gasteiger partial charge < -0.3 is 9.47 Å². The molecule has 0 spiro atoms. The number of nitrogens with zero attached hydrogens (tertiary/aromatic N) is 1. The molecule has 0 N–H and O–H groups in total. The van der Waals surface area contributed by atoms with E-state index in [0.717, 1.165) is 14.3 Å². The van der Waals surface area contributed by atoms with Crippen LogP contribution >= 0.6 is 15.9 Å². The Morgan fingerprint density at radius 1 is 1.08 bits per heavy atom. The first-order valence-electron chi connectivity index (χ1n) is 8.54. The van der Waals surface area contributed by atoms with Gasteiger partial charge >= 0.3 is 0 Å². The molecule has 0 bridgehead atoms. The molecule has 7 heteroatoms. The average Bonchev–Trinajstić information content (AvgIpc) is 2.63. The highest BCUT2D eigenvalue weighted by atomic mass is 79.9. The fraction of sp³-hybridized carbons (Fsp3) is 0.333. The second-order valence-electron chi connectivity index (χ2n) is 5.37. The first-order chi connectivity index (χ1) is 12.6. The van der Waals surface area contributed by atoms with Crippen molar-refractivity contribution in [3.8, 4) is 0 Å². The molecule has 0 aromatic heterocycles. The highest BCUT2D eigenvalue weighted by Crippen LogP contribution is 2.21. The predicted octanol–water partition coefficient (Wildman–Crippen LogP) is 3.57. The SMILES string of the molecule is [2H]C([2H])(c1ccc(Br)cc1)N(CC(OC)OC)S(=O)(=O)c1ccc(C)cc1. The average molecular weight is 430 g/mol. The number of benzene rings is 2. The van der Waals surface area contributed by atoms with Crippen LogP contribution in [0.1, 0.15) is 13.9 Å². The van der Waals surface area contributed by atoms with Crippen molar-refractivity contribution in [2.75, 3.05) is 20.8 Å². The number of ether oxygens (including phenoxy) is 2. The Bertz CT molecular complexity index is 854. The molecule has 0 atom stereocenters. The third kappa shape index (κ3) is 5.36. The summed E-state index contributed by atoms with van der Waals surface area (Å²) in [6.45, 7) is -0.785. The summed E-state index contributed by atoms with van der Waals surface area (Å²) in [4.78, 5) is 0.0000396. The van der Waals surface area contributed by atoms with Gasteiger partial charge in [0.1, 0.15) is 0 Å². The van der Waals surface area contributed by atoms with Gasteiger partial charge in [0.15, 0.2) is 6.29 Å². The van der Waals surface area contributed by atoms with Crippen LogP contribution in [0.25, 0.3) is 0 Å². The van der Waals surface area contributed by atoms with E-state index in [1.165, 1.54) is 38.5 Å². The van der Waals surface area contributed by atoms with E-state index in [-0.39, 0.29) is 17.0 Å². The molecule has 0 aliphatic rings. The van der Waals surface area contributed by atoms with E-state index >= 15 is 0 Å². The molecule has 25 heavy (non-hydrogen) atoms. The number of hydrogen-bond acceptors (Lipinski definition) is 4. The monoisotopic (exact) mass is 429 g/mol. The normalized spacial score (nSPS) is 13.8. The lowest BCUT2D eigenvalue weighted by molar-refractivity contribution is -0.108. The minimum atomic E-state index is -4.16. The summed E-state index contributed by atoms with van der Waals surface area (Å²) in [5, 5.41) is 0. The van der Waals surface area contributed by atoms with Crippen LogP contribution in [0.2, 0.25) is 0 Å². The smallest absolute Gasteiger partial charge is 0.243 e. The van der Waals surface area contributed by atoms with Crippen molar-refractivity contribution >= 4 is 26.0 Å². The van der Waals surface area contributed by atoms with Gasteiger partial charge in [0.05, 0.1) is 11.4 Å². The molecule has 0 saturated carbocycles. The zero-order valence-corrected chi connectivity index (χ0v) is 16.7. The van der Waals surface area contributed by atoms with Crippen LogP contribution in [-0.4, -0.2) is 39.8 Å². The molecule has 2 aromatic rings. The Kier molecular flexibility index (Phi) is 6.12. The fourth-order valence-corrected chi connectivity index (χ4v) is 3.63. The minimum Gasteiger partial charge on any atom is -0.354 e. The van der Waals surface area contributed by atoms with Crippen LogP contribution in [0.5, 0.6) is 0 Å². The second-order valence-corrected chi connectivity index (χ2v) is 8.15. The highest BCUT2D eigenvalue weighted by molar-refractivity contribution is 9.10. The van der Waals surface area contributed by atoms with Crippen LogP contribution in [0, 0.1) is 6.92 Å². The summed E-state index contributed by atoms with van der Waals surface area (Å²) < 4.78 is 55.5. The van der Waals surface area contributed by atoms with Crippen molar-refractivity contribution in [2.45, 2.75) is 24.6 Å². The molecule has 0 aliphatic heterocycles. The van der Waals surface area contributed by atoms with Gasteiger partial charge in [-0.25, -0.2) is 8.42 Å². The summed E-state index contributed by atoms with van der Waals surface area (Å²) in [5.41, 5.74) is 1.11. The lowest BCUT2D eigenvalue weighted by Crippen LogP contribution is -2.38. The standard InChI is InChI=1S/C18H22BrNO4S/c1-14-4-10-17(11-5-14)25(21,22)20(13-18(23-2)24-3)12-15-6-8-16(19)9-7-15/h4-11,18H,12-13H2,1-3H3/i12D2. The zero-order valence-electron chi connectivity index (χ0n) is 16.3. The van der Waals surface area contributed by atoms with Crippen molar-refractivity contribution in [3.05, 3.63) is 64.1 Å². The quantitative estimate of drug-likeness (QED) is 0.601. The zero-order chi connectivity index (χ0) is 20.2. The van der Waals surface area contributed by atoms with Gasteiger partial charge in [-0.2, -0.15) is 4.31 Å². The molecule has 5 nitrogen and oxygen atoms in total. The van der Waals surface area contributed by atoms with Gasteiger partial charge in [-0.05, 0) is 36.8 Å². The Morgan fingerprint density at radius 3 is 2.16 bits per heavy atom. The van der Waals surface area contributed by atoms with Crippen LogP contribution in [-0.2, 0) is 26.0 Å². The Hall–Kier alpha value is -1.25. The number of hydrogen-bond donors (Lipinski definition) is 0. The molecule has 0 fully saturated rings. The summed E-state index contributed by atoms with van der Waals surface area (Å²) in [5.74, 6) is 0. The van der Waals surface area contributed by atoms with Crippen LogP contribution < -0.4 is 0 Å². The lowest BCUT2D eigenvalue weighted by atomic mass is 10.2. The van der Waals surface area contributed by atoms with E-state index in [1.54, 1.807) is 24.3 Å². The predicted molar refractivity (Wildman–Crippen MR) is 101 cm³/mol. The molecule has 2 rings (SSSR count). The Balaban J connectivity index is 2.56. The van der Waals surface area contributed by atoms with Crippen LogP contribution in [0.4, 0.5) is 0 Å². The fourth-order valence-electron chi connectivity index (χ4n) is 2.09. The largest absolute Gasteiger partial charge is 0.354 e. The molecule has 0 amide bonds. The van der Waals surface area contributed by atoms with Crippen LogP contribution in [0.3, 0.4) is 0 Å². The maximum absolute atomic E-state index is 13.3. The first-order valence-corrected chi connectivity index (χ1v) is 9.77. The van der Waals surface area contributed by atoms with E-state index in [0.29, 0.717) is 0 Å². The van der Waals surface area contributed by atoms with Gasteiger partial charge in [-0.15, -0.1) is 0 Å². The van der Waals surface area contributed by atoms with Crippen molar-refractivity contribution in [3.63, 3.8) is 0 Å². The van der Waals surface area contributed by atoms with Gasteiger partial charge in [0.25, 0.3) is 0 Å². The molecular weight excluding hydrogens is 406 g/mol. The Morgan fingerprint density at radius 2 is 1.64 bits per heavy atom. The third-order valence-corrected chi connectivity index (χ3v) is 5.76. The second kappa shape index (κ2) is 8.91. The molecule has 0 heterocycles. The number of methoxy groups -OCH3 is 2. The van der Waals surface area contributed by atoms with Crippen molar-refractivity contribution in [1.29, 1.82) is 0 Å². The van der Waals surface area contributed by atoms with E-state index in [9.17, 15) is 8.42 Å². The number of aryl methyl sites for hydroxylation is 1. The van der Waals surface area contributed by atoms with Crippen molar-refractivity contribution in [1.82, 2.24) is 4.31 Å². The summed E-state index contributed by atoms with van der Waals surface area (Å²) >= 11 is 3.30. The summed E-state index contributed by atoms with van der Waals surface area (Å²) in [7, 11) is -1.41. The van der Waals surface area contributed by atoms with Gasteiger partial charge in [-0.1, -0.05) is 45.8 Å². The first kappa shape index (κ1) is 17.2. The maximum atomic E-state index is 13.3. The van der Waals surface area contributed by atoms with E-state index in [4.69, 9.17) is 12.2 Å². The van der Waals surface area contributed by atoms with Crippen LogP contribution in [0.15, 0.2) is 57.9 Å². The molecule has 136 valence electrons. The third-order valence-electron chi connectivity index (χ3n) is 3.55. The van der Waals surface area contributed by atoms with Gasteiger partial charge in [0, 0.05) is 27.9 Å². The lowest BCUT2D eigenvalue weighted by Gasteiger charge is -2.26. The summed E-state index contributed by atoms with van der Waals surface area (Å²) in [6.07, 6.45) is -0.921. The van der Waals surface area contributed by atoms with Gasteiger partial charge in [-0.3, -0.25) is 0 Å². The molecule has 0 aliphatic carbocycles. The van der Waals surface area contributed by atoms with Crippen molar-refractivity contribution < 1.29 is 20.6 Å². The molecule has 0 unspecified atom stereocenters. The van der Waals surface area contributed by atoms with Crippen molar-refractivity contribution in [2.24, 2.45) is 0 Å². The Labute approximate surface area is 160 Å². The topological polar surface area (TPSA) is 55.8 Å². The molecular formula is C18H22BrNO4S. The minimum absolute atomic E-state index is 0.0000396. The molecule has 0 radical (unpaired) electrons.